The number of aliphatic carboxylic acids is 1. The lowest BCUT2D eigenvalue weighted by Crippen LogP contribution is -2.55. The van der Waals surface area contributed by atoms with Gasteiger partial charge in [-0.05, 0) is 63.2 Å². The summed E-state index contributed by atoms with van der Waals surface area (Å²) in [6.45, 7) is 8.67. The van der Waals surface area contributed by atoms with Crippen LogP contribution in [0.5, 0.6) is 6.01 Å². The lowest BCUT2D eigenvalue weighted by molar-refractivity contribution is -0.192. The van der Waals surface area contributed by atoms with E-state index in [2.05, 4.69) is 76.9 Å². The van der Waals surface area contributed by atoms with E-state index in [9.17, 15) is 23.2 Å². The largest absolute Gasteiger partial charge is 0.490 e. The zero-order valence-electron chi connectivity index (χ0n) is 28.6. The highest BCUT2D eigenvalue weighted by molar-refractivity contribution is 5.94. The predicted octanol–water partition coefficient (Wildman–Crippen LogP) is 5.20. The number of fused-ring (bicyclic) bond motifs is 2. The van der Waals surface area contributed by atoms with Crippen molar-refractivity contribution >= 4 is 34.2 Å². The van der Waals surface area contributed by atoms with Crippen LogP contribution in [0, 0.1) is 16.7 Å². The van der Waals surface area contributed by atoms with Crippen molar-refractivity contribution in [2.75, 3.05) is 56.2 Å². The van der Waals surface area contributed by atoms with Crippen molar-refractivity contribution in [2.45, 2.75) is 63.3 Å². The number of likely N-dealkylation sites (tertiary alicyclic amines) is 1. The van der Waals surface area contributed by atoms with Crippen molar-refractivity contribution in [3.63, 3.8) is 0 Å². The van der Waals surface area contributed by atoms with Crippen LogP contribution in [0.2, 0.25) is 0 Å². The van der Waals surface area contributed by atoms with Gasteiger partial charge in [0.15, 0.2) is 0 Å². The Labute approximate surface area is 294 Å². The van der Waals surface area contributed by atoms with E-state index >= 15 is 0 Å². The molecule has 1 aliphatic carbocycles. The summed E-state index contributed by atoms with van der Waals surface area (Å²) in [5.41, 5.74) is 3.54. The number of nitriles is 1. The molecule has 2 aromatic carbocycles. The molecule has 51 heavy (non-hydrogen) atoms. The van der Waals surface area contributed by atoms with Gasteiger partial charge in [-0.2, -0.15) is 28.4 Å². The summed E-state index contributed by atoms with van der Waals surface area (Å²) in [6, 6.07) is 18.1. The van der Waals surface area contributed by atoms with Gasteiger partial charge in [0.25, 0.3) is 0 Å². The van der Waals surface area contributed by atoms with Gasteiger partial charge in [0.05, 0.1) is 37.4 Å². The third-order valence-electron chi connectivity index (χ3n) is 10.5. The van der Waals surface area contributed by atoms with Crippen LogP contribution in [0.15, 0.2) is 55.1 Å². The minimum atomic E-state index is -5.08. The third kappa shape index (κ3) is 7.73. The standard InChI is InChI=1S/C35H41N7O2.C2HF3O2/c1-3-32(43)42-21-20-41(22-26(42)13-17-36)33-28-14-19-40(30-11-6-9-25-8-4-5-10-27(25)30)23-29(28)37-34(38-33)44-24-35(15-16-35)31-12-7-18-39(31)2;3-2(4,5)1(6)7/h3-6,8-11,26,31H,1,7,12-16,18-24H2,2H3;(H,6,7)/t26-,31-;/m0./s1. The molecule has 1 amide bonds. The molecular weight excluding hydrogens is 663 g/mol. The Hall–Kier alpha value is -4.90. The first-order valence-electron chi connectivity index (χ1n) is 17.2. The second kappa shape index (κ2) is 14.8. The van der Waals surface area contributed by atoms with Gasteiger partial charge in [0.2, 0.25) is 5.91 Å². The molecule has 0 bridgehead atoms. The van der Waals surface area contributed by atoms with Gasteiger partial charge in [-0.25, -0.2) is 4.79 Å². The van der Waals surface area contributed by atoms with E-state index in [-0.39, 0.29) is 23.8 Å². The first-order valence-corrected chi connectivity index (χ1v) is 17.2. The van der Waals surface area contributed by atoms with Crippen molar-refractivity contribution < 1.29 is 32.6 Å². The molecule has 270 valence electrons. The first-order chi connectivity index (χ1) is 24.4. The Morgan fingerprint density at radius 1 is 1.10 bits per heavy atom. The molecule has 0 unspecified atom stereocenters. The summed E-state index contributed by atoms with van der Waals surface area (Å²) in [4.78, 5) is 40.6. The number of hydrogen-bond acceptors (Lipinski definition) is 9. The van der Waals surface area contributed by atoms with Crippen LogP contribution >= 0.6 is 0 Å². The number of carboxylic acids is 1. The average molecular weight is 706 g/mol. The molecule has 2 saturated heterocycles. The Kier molecular flexibility index (Phi) is 10.4. The van der Waals surface area contributed by atoms with Gasteiger partial charge < -0.3 is 29.4 Å². The van der Waals surface area contributed by atoms with Crippen molar-refractivity contribution in [1.29, 1.82) is 5.26 Å². The Morgan fingerprint density at radius 3 is 2.51 bits per heavy atom. The number of carbonyl (C=O) groups is 2. The normalized spacial score (nSPS) is 21.3. The number of nitrogens with zero attached hydrogens (tertiary/aromatic N) is 7. The molecule has 11 nitrogen and oxygen atoms in total. The number of carbonyl (C=O) groups excluding carboxylic acids is 1. The molecule has 4 aliphatic rings. The first kappa shape index (κ1) is 35.9. The molecule has 0 spiro atoms. The molecule has 14 heteroatoms. The molecule has 1 N–H and O–H groups in total. The lowest BCUT2D eigenvalue weighted by Gasteiger charge is -2.42. The lowest BCUT2D eigenvalue weighted by atomic mass is 9.95. The maximum absolute atomic E-state index is 12.6. The van der Waals surface area contributed by atoms with E-state index in [1.54, 1.807) is 4.90 Å². The minimum absolute atomic E-state index is 0.129. The van der Waals surface area contributed by atoms with Gasteiger partial charge in [0.1, 0.15) is 5.82 Å². The second-order valence-electron chi connectivity index (χ2n) is 13.7. The van der Waals surface area contributed by atoms with Crippen LogP contribution in [0.25, 0.3) is 10.8 Å². The fourth-order valence-electron chi connectivity index (χ4n) is 7.77. The molecule has 7 rings (SSSR count). The Bertz CT molecular complexity index is 1820. The fourth-order valence-corrected chi connectivity index (χ4v) is 7.77. The summed E-state index contributed by atoms with van der Waals surface area (Å²) in [6.07, 6.45) is 2.17. The van der Waals surface area contributed by atoms with Gasteiger partial charge in [-0.1, -0.05) is 43.0 Å². The molecule has 3 aromatic rings. The number of carboxylic acid groups (broad SMARTS) is 1. The van der Waals surface area contributed by atoms with E-state index in [4.69, 9.17) is 24.6 Å². The average Bonchev–Trinajstić information content (AvgIpc) is 3.79. The molecule has 3 fully saturated rings. The summed E-state index contributed by atoms with van der Waals surface area (Å²) in [5.74, 6) is -2.00. The Morgan fingerprint density at radius 2 is 1.84 bits per heavy atom. The monoisotopic (exact) mass is 705 g/mol. The van der Waals surface area contributed by atoms with Crippen LogP contribution in [0.3, 0.4) is 0 Å². The van der Waals surface area contributed by atoms with Crippen molar-refractivity contribution in [3.05, 3.63) is 66.4 Å². The number of rotatable bonds is 8. The summed E-state index contributed by atoms with van der Waals surface area (Å²) in [5, 5.41) is 19.2. The molecule has 0 radical (unpaired) electrons. The number of anilines is 2. The number of aromatic nitrogens is 2. The predicted molar refractivity (Wildman–Crippen MR) is 185 cm³/mol. The number of ether oxygens (including phenoxy) is 1. The maximum Gasteiger partial charge on any atom is 0.490 e. The second-order valence-corrected chi connectivity index (χ2v) is 13.7. The maximum atomic E-state index is 12.6. The van der Waals surface area contributed by atoms with Gasteiger partial charge >= 0.3 is 18.2 Å². The van der Waals surface area contributed by atoms with Crippen molar-refractivity contribution in [3.8, 4) is 12.1 Å². The third-order valence-corrected chi connectivity index (χ3v) is 10.5. The van der Waals surface area contributed by atoms with Crippen LogP contribution in [-0.4, -0.2) is 101 Å². The highest BCUT2D eigenvalue weighted by Crippen LogP contribution is 2.53. The number of piperazine rings is 1. The molecular formula is C37H42F3N7O4. The summed E-state index contributed by atoms with van der Waals surface area (Å²) >= 11 is 0. The number of hydrogen-bond donors (Lipinski definition) is 1. The zero-order chi connectivity index (χ0) is 36.3. The van der Waals surface area contributed by atoms with E-state index < -0.39 is 12.1 Å². The van der Waals surface area contributed by atoms with E-state index in [0.717, 1.165) is 36.6 Å². The number of benzene rings is 2. The molecule has 2 atom stereocenters. The number of amides is 1. The van der Waals surface area contributed by atoms with E-state index in [0.29, 0.717) is 44.8 Å². The Balaban J connectivity index is 0.000000582. The van der Waals surface area contributed by atoms with Gasteiger partial charge in [0, 0.05) is 54.3 Å². The van der Waals surface area contributed by atoms with Gasteiger partial charge in [-0.3, -0.25) is 4.79 Å². The highest BCUT2D eigenvalue weighted by atomic mass is 19.4. The van der Waals surface area contributed by atoms with Gasteiger partial charge in [-0.15, -0.1) is 0 Å². The summed E-state index contributed by atoms with van der Waals surface area (Å²) in [7, 11) is 2.24. The topological polar surface area (TPSA) is 126 Å². The molecule has 1 saturated carbocycles. The SMILES string of the molecule is C=CC(=O)N1CCN(c2nc(OCC3([C@@H]4CCCN4C)CC3)nc3c2CCN(c2cccc4ccccc24)C3)C[C@@H]1CC#N.O=C(O)C(F)(F)F. The minimum Gasteiger partial charge on any atom is -0.475 e. The number of alkyl halides is 3. The van der Waals surface area contributed by atoms with Crippen LogP contribution in [0.1, 0.15) is 43.4 Å². The van der Waals surface area contributed by atoms with Crippen LogP contribution in [0.4, 0.5) is 24.7 Å². The quantitative estimate of drug-likeness (QED) is 0.313. The van der Waals surface area contributed by atoms with Crippen molar-refractivity contribution in [1.82, 2.24) is 19.8 Å². The smallest absolute Gasteiger partial charge is 0.475 e. The molecule has 4 heterocycles. The highest BCUT2D eigenvalue weighted by Gasteiger charge is 2.52. The molecule has 3 aliphatic heterocycles. The van der Waals surface area contributed by atoms with Crippen LogP contribution in [-0.2, 0) is 22.6 Å². The molecule has 1 aromatic heterocycles. The van der Waals surface area contributed by atoms with E-state index in [1.165, 1.54) is 48.2 Å². The fraction of sp³-hybridized carbons (Fsp3) is 0.486. The van der Waals surface area contributed by atoms with Crippen molar-refractivity contribution in [2.24, 2.45) is 5.41 Å². The number of halogens is 3. The van der Waals surface area contributed by atoms with E-state index in [1.807, 2.05) is 0 Å². The van der Waals surface area contributed by atoms with Crippen LogP contribution < -0.4 is 14.5 Å². The summed E-state index contributed by atoms with van der Waals surface area (Å²) < 4.78 is 38.3. The zero-order valence-corrected chi connectivity index (χ0v) is 28.6.